The number of rotatable bonds is 4. The molecule has 2 amide bonds. The lowest BCUT2D eigenvalue weighted by Crippen LogP contribution is -2.32. The Morgan fingerprint density at radius 3 is 2.39 bits per heavy atom. The molecule has 1 aliphatic heterocycles. The normalized spacial score (nSPS) is 14.6. The second-order valence-corrected chi connectivity index (χ2v) is 7.82. The number of carbonyl (C=O) groups excluding carboxylic acids is 2. The highest BCUT2D eigenvalue weighted by Crippen LogP contribution is 2.28. The van der Waals surface area contributed by atoms with Gasteiger partial charge in [0.25, 0.3) is 11.8 Å². The molecular formula is C23H29N3O2. The summed E-state index contributed by atoms with van der Waals surface area (Å²) in [6.07, 6.45) is 7.46. The van der Waals surface area contributed by atoms with Crippen molar-refractivity contribution in [2.75, 3.05) is 18.4 Å². The number of benzene rings is 1. The zero-order valence-corrected chi connectivity index (χ0v) is 17.0. The average Bonchev–Trinajstić information content (AvgIpc) is 2.98. The largest absolute Gasteiger partial charge is 0.339 e. The minimum Gasteiger partial charge on any atom is -0.339 e. The van der Waals surface area contributed by atoms with Crippen LogP contribution in [0.5, 0.6) is 0 Å². The number of likely N-dealkylation sites (tertiary alicyclic amines) is 1. The predicted molar refractivity (Wildman–Crippen MR) is 112 cm³/mol. The van der Waals surface area contributed by atoms with Crippen molar-refractivity contribution in [1.29, 1.82) is 0 Å². The molecule has 2 aromatic rings. The fourth-order valence-electron chi connectivity index (χ4n) is 3.67. The Kier molecular flexibility index (Phi) is 6.45. The summed E-state index contributed by atoms with van der Waals surface area (Å²) in [5.41, 5.74) is 3.83. The Balaban J connectivity index is 1.80. The number of amides is 2. The van der Waals surface area contributed by atoms with E-state index >= 15 is 0 Å². The van der Waals surface area contributed by atoms with Crippen molar-refractivity contribution in [2.45, 2.75) is 52.4 Å². The van der Waals surface area contributed by atoms with Gasteiger partial charge in [-0.3, -0.25) is 14.6 Å². The molecule has 1 fully saturated rings. The Morgan fingerprint density at radius 1 is 1.04 bits per heavy atom. The van der Waals surface area contributed by atoms with Gasteiger partial charge in [-0.15, -0.1) is 0 Å². The van der Waals surface area contributed by atoms with Crippen LogP contribution in [0.3, 0.4) is 0 Å². The quantitative estimate of drug-likeness (QED) is 0.831. The number of para-hydroxylation sites is 1. The van der Waals surface area contributed by atoms with Gasteiger partial charge in [0.15, 0.2) is 0 Å². The van der Waals surface area contributed by atoms with Crippen LogP contribution in [0.25, 0.3) is 0 Å². The SMILES string of the molecule is Cc1cccc(C(C)C)c1NC(=O)c1cncc(C(=O)N2CCCCCC2)c1. The van der Waals surface area contributed by atoms with Gasteiger partial charge in [0, 0.05) is 31.2 Å². The lowest BCUT2D eigenvalue weighted by molar-refractivity contribution is 0.0761. The second kappa shape index (κ2) is 9.00. The van der Waals surface area contributed by atoms with Crippen LogP contribution >= 0.6 is 0 Å². The number of aryl methyl sites for hydroxylation is 1. The zero-order chi connectivity index (χ0) is 20.1. The van der Waals surface area contributed by atoms with E-state index in [1.54, 1.807) is 12.3 Å². The van der Waals surface area contributed by atoms with E-state index in [2.05, 4.69) is 24.1 Å². The van der Waals surface area contributed by atoms with Crippen molar-refractivity contribution in [2.24, 2.45) is 0 Å². The van der Waals surface area contributed by atoms with E-state index in [1.807, 2.05) is 30.0 Å². The summed E-state index contributed by atoms with van der Waals surface area (Å²) in [4.78, 5) is 31.7. The molecule has 5 heteroatoms. The topological polar surface area (TPSA) is 62.3 Å². The zero-order valence-electron chi connectivity index (χ0n) is 17.0. The molecule has 28 heavy (non-hydrogen) atoms. The molecule has 1 aromatic carbocycles. The van der Waals surface area contributed by atoms with E-state index < -0.39 is 0 Å². The molecule has 1 N–H and O–H groups in total. The third kappa shape index (κ3) is 4.58. The van der Waals surface area contributed by atoms with E-state index in [0.29, 0.717) is 17.0 Å². The molecule has 0 radical (unpaired) electrons. The molecule has 1 saturated heterocycles. The first-order valence-electron chi connectivity index (χ1n) is 10.1. The highest BCUT2D eigenvalue weighted by atomic mass is 16.2. The minimum atomic E-state index is -0.241. The number of aromatic nitrogens is 1. The third-order valence-electron chi connectivity index (χ3n) is 5.31. The number of hydrogen-bond donors (Lipinski definition) is 1. The van der Waals surface area contributed by atoms with Crippen molar-refractivity contribution in [1.82, 2.24) is 9.88 Å². The fraction of sp³-hybridized carbons (Fsp3) is 0.435. The van der Waals surface area contributed by atoms with Crippen molar-refractivity contribution in [3.05, 3.63) is 58.9 Å². The number of nitrogens with one attached hydrogen (secondary N) is 1. The maximum atomic E-state index is 12.9. The summed E-state index contributed by atoms with van der Waals surface area (Å²) in [6, 6.07) is 7.68. The summed E-state index contributed by atoms with van der Waals surface area (Å²) in [7, 11) is 0. The summed E-state index contributed by atoms with van der Waals surface area (Å²) in [6.45, 7) is 7.74. The fourth-order valence-corrected chi connectivity index (χ4v) is 3.67. The number of anilines is 1. The van der Waals surface area contributed by atoms with Crippen LogP contribution in [-0.4, -0.2) is 34.8 Å². The molecule has 0 bridgehead atoms. The first-order valence-corrected chi connectivity index (χ1v) is 10.1. The molecule has 0 spiro atoms. The van der Waals surface area contributed by atoms with Gasteiger partial charge in [-0.2, -0.15) is 0 Å². The Hall–Kier alpha value is -2.69. The lowest BCUT2D eigenvalue weighted by Gasteiger charge is -2.20. The Bertz CT molecular complexity index is 853. The van der Waals surface area contributed by atoms with Gasteiger partial charge in [0.05, 0.1) is 11.1 Å². The van der Waals surface area contributed by atoms with Gasteiger partial charge < -0.3 is 10.2 Å². The van der Waals surface area contributed by atoms with Crippen LogP contribution in [0, 0.1) is 6.92 Å². The third-order valence-corrected chi connectivity index (χ3v) is 5.31. The van der Waals surface area contributed by atoms with E-state index in [-0.39, 0.29) is 11.8 Å². The van der Waals surface area contributed by atoms with Gasteiger partial charge in [-0.1, -0.05) is 44.9 Å². The molecule has 3 rings (SSSR count). The molecule has 1 aromatic heterocycles. The minimum absolute atomic E-state index is 0.0391. The smallest absolute Gasteiger partial charge is 0.257 e. The highest BCUT2D eigenvalue weighted by molar-refractivity contribution is 6.06. The number of nitrogens with zero attached hydrogens (tertiary/aromatic N) is 2. The van der Waals surface area contributed by atoms with Gasteiger partial charge in [-0.05, 0) is 42.9 Å². The molecule has 0 unspecified atom stereocenters. The van der Waals surface area contributed by atoms with Gasteiger partial charge in [-0.25, -0.2) is 0 Å². The second-order valence-electron chi connectivity index (χ2n) is 7.82. The van der Waals surface area contributed by atoms with Gasteiger partial charge >= 0.3 is 0 Å². The Morgan fingerprint density at radius 2 is 1.71 bits per heavy atom. The van der Waals surface area contributed by atoms with Crippen LogP contribution in [0.15, 0.2) is 36.7 Å². The monoisotopic (exact) mass is 379 g/mol. The van der Waals surface area contributed by atoms with Crippen LogP contribution in [0.4, 0.5) is 5.69 Å². The first-order chi connectivity index (χ1) is 13.5. The number of carbonyl (C=O) groups is 2. The molecule has 0 atom stereocenters. The van der Waals surface area contributed by atoms with Crippen LogP contribution in [0.1, 0.15) is 77.3 Å². The lowest BCUT2D eigenvalue weighted by atomic mass is 9.98. The summed E-state index contributed by atoms with van der Waals surface area (Å²) >= 11 is 0. The summed E-state index contributed by atoms with van der Waals surface area (Å²) < 4.78 is 0. The number of hydrogen-bond acceptors (Lipinski definition) is 3. The predicted octanol–water partition coefficient (Wildman–Crippen LogP) is 4.78. The summed E-state index contributed by atoms with van der Waals surface area (Å²) in [5.74, 6) is 0.0151. The van der Waals surface area contributed by atoms with Crippen LogP contribution < -0.4 is 5.32 Å². The number of pyridine rings is 1. The maximum Gasteiger partial charge on any atom is 0.257 e. The molecule has 0 saturated carbocycles. The molecular weight excluding hydrogens is 350 g/mol. The van der Waals surface area contributed by atoms with Crippen molar-refractivity contribution in [3.63, 3.8) is 0 Å². The van der Waals surface area contributed by atoms with E-state index in [4.69, 9.17) is 0 Å². The molecule has 0 aliphatic carbocycles. The molecule has 148 valence electrons. The van der Waals surface area contributed by atoms with E-state index in [0.717, 1.165) is 42.7 Å². The average molecular weight is 380 g/mol. The maximum absolute atomic E-state index is 12.9. The van der Waals surface area contributed by atoms with E-state index in [9.17, 15) is 9.59 Å². The van der Waals surface area contributed by atoms with Crippen molar-refractivity contribution < 1.29 is 9.59 Å². The van der Waals surface area contributed by atoms with E-state index in [1.165, 1.54) is 19.0 Å². The Labute approximate surface area is 167 Å². The van der Waals surface area contributed by atoms with Gasteiger partial charge in [0.2, 0.25) is 0 Å². The highest BCUT2D eigenvalue weighted by Gasteiger charge is 2.20. The van der Waals surface area contributed by atoms with Crippen molar-refractivity contribution in [3.8, 4) is 0 Å². The van der Waals surface area contributed by atoms with Gasteiger partial charge in [0.1, 0.15) is 0 Å². The first kappa shape index (κ1) is 20.1. The standard InChI is InChI=1S/C23H29N3O2/c1-16(2)20-10-8-9-17(3)21(20)25-22(27)18-13-19(15-24-14-18)23(28)26-11-6-4-5-7-12-26/h8-10,13-16H,4-7,11-12H2,1-3H3,(H,25,27). The summed E-state index contributed by atoms with van der Waals surface area (Å²) in [5, 5.41) is 3.03. The van der Waals surface area contributed by atoms with Crippen molar-refractivity contribution >= 4 is 17.5 Å². The molecule has 1 aliphatic rings. The molecule has 2 heterocycles. The van der Waals surface area contributed by atoms with Crippen LogP contribution in [-0.2, 0) is 0 Å². The molecule has 5 nitrogen and oxygen atoms in total. The van der Waals surface area contributed by atoms with Crippen LogP contribution in [0.2, 0.25) is 0 Å².